The van der Waals surface area contributed by atoms with Crippen molar-refractivity contribution in [1.29, 1.82) is 0 Å². The van der Waals surface area contributed by atoms with Gasteiger partial charge >= 0.3 is 11.8 Å². The van der Waals surface area contributed by atoms with Gasteiger partial charge in [-0.05, 0) is 59.2 Å². The van der Waals surface area contributed by atoms with Crippen LogP contribution in [0, 0.1) is 0 Å². The molecule has 0 heterocycles. The normalized spacial score (nSPS) is 10.6. The summed E-state index contributed by atoms with van der Waals surface area (Å²) >= 11 is 12.1. The molecule has 0 saturated heterocycles. The van der Waals surface area contributed by atoms with Gasteiger partial charge in [-0.15, -0.1) is 0 Å². The third-order valence-corrected chi connectivity index (χ3v) is 5.01. The number of hydrazone groups is 1. The van der Waals surface area contributed by atoms with Crippen LogP contribution in [-0.2, 0) is 22.7 Å². The molecule has 0 atom stereocenters. The van der Waals surface area contributed by atoms with Crippen molar-refractivity contribution in [2.24, 2.45) is 5.10 Å². The van der Waals surface area contributed by atoms with E-state index in [1.165, 1.54) is 6.21 Å². The van der Waals surface area contributed by atoms with E-state index >= 15 is 0 Å². The molecule has 3 aromatic rings. The largest absolute Gasteiger partial charge is 0.497 e. The maximum absolute atomic E-state index is 11.9. The monoisotopic (exact) mass is 485 g/mol. The second-order valence-electron chi connectivity index (χ2n) is 6.83. The predicted molar refractivity (Wildman–Crippen MR) is 128 cm³/mol. The van der Waals surface area contributed by atoms with Crippen LogP contribution in [-0.4, -0.2) is 25.1 Å². The van der Waals surface area contributed by atoms with Crippen LogP contribution >= 0.6 is 23.2 Å². The molecule has 0 aliphatic heterocycles. The van der Waals surface area contributed by atoms with Gasteiger partial charge in [-0.1, -0.05) is 47.5 Å². The van der Waals surface area contributed by atoms with Crippen LogP contribution in [0.4, 0.5) is 0 Å². The maximum atomic E-state index is 11.9. The third kappa shape index (κ3) is 7.52. The van der Waals surface area contributed by atoms with Crippen molar-refractivity contribution in [3.05, 3.63) is 93.5 Å². The molecule has 0 aliphatic carbocycles. The number of methoxy groups -OCH3 is 1. The second-order valence-corrected chi connectivity index (χ2v) is 7.68. The summed E-state index contributed by atoms with van der Waals surface area (Å²) < 4.78 is 10.8. The van der Waals surface area contributed by atoms with E-state index in [4.69, 9.17) is 32.7 Å². The molecule has 0 radical (unpaired) electrons. The molecule has 0 unspecified atom stereocenters. The average Bonchev–Trinajstić information content (AvgIpc) is 2.83. The zero-order valence-electron chi connectivity index (χ0n) is 17.7. The first-order valence-electron chi connectivity index (χ1n) is 9.85. The fourth-order valence-electron chi connectivity index (χ4n) is 2.68. The topological polar surface area (TPSA) is 89.0 Å². The third-order valence-electron chi connectivity index (χ3n) is 4.46. The summed E-state index contributed by atoms with van der Waals surface area (Å²) in [7, 11) is 1.57. The molecular weight excluding hydrogens is 465 g/mol. The van der Waals surface area contributed by atoms with E-state index in [0.717, 1.165) is 11.1 Å². The molecule has 0 fully saturated rings. The fraction of sp³-hybridized carbons (Fsp3) is 0.125. The van der Waals surface area contributed by atoms with Crippen molar-refractivity contribution in [2.45, 2.75) is 13.2 Å². The Labute approximate surface area is 201 Å². The Balaban J connectivity index is 1.46. The van der Waals surface area contributed by atoms with Crippen molar-refractivity contribution in [2.75, 3.05) is 7.11 Å². The first-order chi connectivity index (χ1) is 15.9. The Hall–Kier alpha value is -3.55. The average molecular weight is 486 g/mol. The summed E-state index contributed by atoms with van der Waals surface area (Å²) in [5.74, 6) is -0.468. The van der Waals surface area contributed by atoms with Crippen LogP contribution in [0.15, 0.2) is 71.8 Å². The first-order valence-corrected chi connectivity index (χ1v) is 10.6. The highest BCUT2D eigenvalue weighted by molar-refractivity contribution is 6.35. The number of hydrogen-bond donors (Lipinski definition) is 2. The Morgan fingerprint density at radius 2 is 1.64 bits per heavy atom. The lowest BCUT2D eigenvalue weighted by Gasteiger charge is -2.09. The van der Waals surface area contributed by atoms with Gasteiger partial charge in [0.25, 0.3) is 0 Å². The Morgan fingerprint density at radius 1 is 0.939 bits per heavy atom. The molecule has 9 heteroatoms. The van der Waals surface area contributed by atoms with E-state index in [1.54, 1.807) is 61.7 Å². The number of nitrogens with one attached hydrogen (secondary N) is 2. The van der Waals surface area contributed by atoms with Gasteiger partial charge in [-0.3, -0.25) is 9.59 Å². The van der Waals surface area contributed by atoms with Crippen molar-refractivity contribution < 1.29 is 19.1 Å². The van der Waals surface area contributed by atoms with Gasteiger partial charge in [0.05, 0.1) is 18.3 Å². The highest BCUT2D eigenvalue weighted by atomic mass is 35.5. The zero-order chi connectivity index (χ0) is 23.6. The van der Waals surface area contributed by atoms with Crippen molar-refractivity contribution in [1.82, 2.24) is 10.7 Å². The maximum Gasteiger partial charge on any atom is 0.329 e. The van der Waals surface area contributed by atoms with Gasteiger partial charge in [-0.25, -0.2) is 5.43 Å². The quantitative estimate of drug-likeness (QED) is 0.282. The number of ether oxygens (including phenoxy) is 2. The molecular formula is C24H21Cl2N3O4. The van der Waals surface area contributed by atoms with Gasteiger partial charge in [0.2, 0.25) is 0 Å². The molecule has 0 bridgehead atoms. The molecule has 2 amide bonds. The predicted octanol–water partition coefficient (Wildman–Crippen LogP) is 4.35. The van der Waals surface area contributed by atoms with E-state index in [9.17, 15) is 9.59 Å². The van der Waals surface area contributed by atoms with Crippen LogP contribution in [0.1, 0.15) is 16.7 Å². The number of carbonyl (C=O) groups excluding carboxylic acids is 2. The smallest absolute Gasteiger partial charge is 0.329 e. The SMILES string of the molecule is COc1ccc(CNC(=O)C(=O)N/N=C\c2ccc(OCc3ccc(Cl)cc3)c(Cl)c2)cc1. The number of rotatable bonds is 8. The first kappa shape index (κ1) is 24.1. The highest BCUT2D eigenvalue weighted by Crippen LogP contribution is 2.26. The lowest BCUT2D eigenvalue weighted by Crippen LogP contribution is -2.37. The lowest BCUT2D eigenvalue weighted by molar-refractivity contribution is -0.139. The Morgan fingerprint density at radius 3 is 2.30 bits per heavy atom. The van der Waals surface area contributed by atoms with E-state index in [2.05, 4.69) is 15.8 Å². The molecule has 7 nitrogen and oxygen atoms in total. The number of benzene rings is 3. The van der Waals surface area contributed by atoms with Gasteiger partial charge in [0.1, 0.15) is 18.1 Å². The number of amides is 2. The summed E-state index contributed by atoms with van der Waals surface area (Å²) in [5.41, 5.74) is 4.59. The van der Waals surface area contributed by atoms with E-state index in [-0.39, 0.29) is 6.54 Å². The summed E-state index contributed by atoms with van der Waals surface area (Å²) in [5, 5.41) is 7.36. The number of halogens is 2. The minimum atomic E-state index is -0.881. The number of nitrogens with zero attached hydrogens (tertiary/aromatic N) is 1. The molecule has 3 rings (SSSR count). The van der Waals surface area contributed by atoms with Gasteiger partial charge in [0.15, 0.2) is 0 Å². The molecule has 0 aliphatic rings. The molecule has 0 saturated carbocycles. The van der Waals surface area contributed by atoms with Crippen LogP contribution in [0.3, 0.4) is 0 Å². The minimum absolute atomic E-state index is 0.201. The molecule has 170 valence electrons. The molecule has 3 aromatic carbocycles. The second kappa shape index (κ2) is 11.9. The highest BCUT2D eigenvalue weighted by Gasteiger charge is 2.12. The van der Waals surface area contributed by atoms with Gasteiger partial charge in [0, 0.05) is 11.6 Å². The molecule has 2 N–H and O–H groups in total. The molecule has 0 aromatic heterocycles. The molecule has 33 heavy (non-hydrogen) atoms. The van der Waals surface area contributed by atoms with Crippen LogP contribution in [0.5, 0.6) is 11.5 Å². The summed E-state index contributed by atoms with van der Waals surface area (Å²) in [4.78, 5) is 23.8. The lowest BCUT2D eigenvalue weighted by atomic mass is 10.2. The molecule has 0 spiro atoms. The fourth-order valence-corrected chi connectivity index (χ4v) is 3.05. The van der Waals surface area contributed by atoms with Gasteiger partial charge in [-0.2, -0.15) is 5.10 Å². The van der Waals surface area contributed by atoms with Crippen LogP contribution < -0.4 is 20.2 Å². The van der Waals surface area contributed by atoms with Gasteiger partial charge < -0.3 is 14.8 Å². The minimum Gasteiger partial charge on any atom is -0.497 e. The zero-order valence-corrected chi connectivity index (χ0v) is 19.2. The van der Waals surface area contributed by atoms with Crippen LogP contribution in [0.2, 0.25) is 10.0 Å². The van der Waals surface area contributed by atoms with Crippen molar-refractivity contribution in [3.63, 3.8) is 0 Å². The van der Waals surface area contributed by atoms with Crippen molar-refractivity contribution >= 4 is 41.2 Å². The van der Waals surface area contributed by atoms with E-state index in [1.807, 2.05) is 12.1 Å². The van der Waals surface area contributed by atoms with Crippen molar-refractivity contribution in [3.8, 4) is 11.5 Å². The summed E-state index contributed by atoms with van der Waals surface area (Å²) in [6.07, 6.45) is 1.38. The van der Waals surface area contributed by atoms with E-state index < -0.39 is 11.8 Å². The number of carbonyl (C=O) groups is 2. The summed E-state index contributed by atoms with van der Waals surface area (Å²) in [6, 6.07) is 19.5. The Kier molecular flexibility index (Phi) is 8.69. The number of hydrogen-bond acceptors (Lipinski definition) is 5. The summed E-state index contributed by atoms with van der Waals surface area (Å²) in [6.45, 7) is 0.541. The van der Waals surface area contributed by atoms with Crippen LogP contribution in [0.25, 0.3) is 0 Å². The Bertz CT molecular complexity index is 1130. The standard InChI is InChI=1S/C24H21Cl2N3O4/c1-32-20-9-4-16(5-10-20)13-27-23(30)24(31)29-28-14-18-6-11-22(21(26)12-18)33-15-17-2-7-19(25)8-3-17/h2-12,14H,13,15H2,1H3,(H,27,30)(H,29,31)/b28-14-. The van der Waals surface area contributed by atoms with E-state index in [0.29, 0.717) is 33.7 Å².